The SMILES string of the molecule is CC/C=C\C/C=C\C/C=C\C/C=C\C/C=C\C/C=C\CCCCCCCCCCC(=O)OC(COC(=O)CCCCCCCCCCCCCCCCCCCCCCCCCCCCC/C=C\CCCCCCCCCC)COC(OCC[N+](C)(C)C)C(=O)[O-]. The predicted molar refractivity (Wildman–Crippen MR) is 389 cm³/mol. The quantitative estimate of drug-likeness (QED) is 0.0195. The molecule has 0 bridgehead atoms. The minimum Gasteiger partial charge on any atom is -0.545 e. The second-order valence-electron chi connectivity index (χ2n) is 27.3. The molecule has 0 aromatic heterocycles. The number of ether oxygens (including phenoxy) is 4. The van der Waals surface area contributed by atoms with Crippen molar-refractivity contribution in [1.29, 1.82) is 0 Å². The number of carboxylic acid groups (broad SMARTS) is 1. The number of aliphatic carboxylic acids is 1. The number of quaternary nitrogens is 1. The van der Waals surface area contributed by atoms with Crippen molar-refractivity contribution >= 4 is 17.9 Å². The minimum absolute atomic E-state index is 0.144. The molecule has 0 spiro atoms. The summed E-state index contributed by atoms with van der Waals surface area (Å²) in [6, 6.07) is 0. The van der Waals surface area contributed by atoms with Crippen LogP contribution in [0.25, 0.3) is 0 Å². The number of carboxylic acids is 1. The maximum Gasteiger partial charge on any atom is 0.306 e. The lowest BCUT2D eigenvalue weighted by Crippen LogP contribution is -2.44. The Bertz CT molecular complexity index is 1770. The number of rotatable bonds is 72. The van der Waals surface area contributed by atoms with Crippen LogP contribution in [0.1, 0.15) is 361 Å². The molecule has 0 rings (SSSR count). The number of likely N-dealkylation sites (N-methyl/N-ethyl adjacent to an activating group) is 1. The van der Waals surface area contributed by atoms with Gasteiger partial charge in [-0.2, -0.15) is 0 Å². The van der Waals surface area contributed by atoms with Crippen LogP contribution in [0.2, 0.25) is 0 Å². The lowest BCUT2D eigenvalue weighted by molar-refractivity contribution is -0.870. The first-order chi connectivity index (χ1) is 44.6. The molecule has 0 fully saturated rings. The summed E-state index contributed by atoms with van der Waals surface area (Å²) < 4.78 is 22.8. The molecule has 0 amide bonds. The second-order valence-corrected chi connectivity index (χ2v) is 27.3. The van der Waals surface area contributed by atoms with Gasteiger partial charge in [-0.05, 0) is 89.9 Å². The Hall–Kier alpha value is -3.53. The number of hydrogen-bond acceptors (Lipinski definition) is 8. The van der Waals surface area contributed by atoms with Crippen LogP contribution in [0.3, 0.4) is 0 Å². The smallest absolute Gasteiger partial charge is 0.306 e. The van der Waals surface area contributed by atoms with Gasteiger partial charge in [-0.3, -0.25) is 9.59 Å². The highest BCUT2D eigenvalue weighted by atomic mass is 16.7. The number of allylic oxidation sites excluding steroid dienone is 14. The van der Waals surface area contributed by atoms with Crippen molar-refractivity contribution in [2.45, 2.75) is 373 Å². The maximum atomic E-state index is 12.9. The van der Waals surface area contributed by atoms with Gasteiger partial charge in [-0.15, -0.1) is 0 Å². The number of nitrogens with zero attached hydrogens (tertiary/aromatic N) is 1. The van der Waals surface area contributed by atoms with Gasteiger partial charge in [0.2, 0.25) is 0 Å². The third-order valence-corrected chi connectivity index (χ3v) is 17.1. The van der Waals surface area contributed by atoms with Crippen LogP contribution in [0, 0.1) is 0 Å². The predicted octanol–water partition coefficient (Wildman–Crippen LogP) is 23.3. The van der Waals surface area contributed by atoms with Crippen molar-refractivity contribution in [3.63, 3.8) is 0 Å². The highest BCUT2D eigenvalue weighted by Crippen LogP contribution is 2.19. The Kier molecular flexibility index (Phi) is 69.5. The summed E-state index contributed by atoms with van der Waals surface area (Å²) in [6.07, 6.45) is 95.6. The molecule has 0 aliphatic rings. The molecular formula is C82H147NO8. The summed E-state index contributed by atoms with van der Waals surface area (Å²) in [7, 11) is 5.93. The summed E-state index contributed by atoms with van der Waals surface area (Å²) >= 11 is 0. The van der Waals surface area contributed by atoms with E-state index in [4.69, 9.17) is 18.9 Å². The standard InChI is InChI=1S/C82H147NO8/c1-6-8-10-12-14-16-18-20-22-24-26-28-30-32-34-35-36-37-38-39-40-41-42-43-44-45-47-48-50-52-54-56-58-60-62-64-66-68-70-72-79(84)89-76-78(77-90-82(81(86)87)88-75-74-83(3,4)5)91-80(85)73-71-69-67-65-63-61-59-57-55-53-51-49-46-33-31-29-27-25-23-21-19-17-15-13-11-9-7-2/h9,11,15,17,21,23-24,26-27,29,33,46,51,53,78,82H,6-8,10,12-14,16,18-20,22,25,28,30-32,34-45,47-50,52,54-77H2,1-5H3/b11-9-,17-15-,23-21-,26-24-,29-27-,46-33-,53-51-. The summed E-state index contributed by atoms with van der Waals surface area (Å²) in [5.41, 5.74) is 0. The van der Waals surface area contributed by atoms with Crippen LogP contribution in [-0.2, 0) is 33.3 Å². The summed E-state index contributed by atoms with van der Waals surface area (Å²) in [6.45, 7) is 4.67. The van der Waals surface area contributed by atoms with Gasteiger partial charge < -0.3 is 33.3 Å². The number of unbranched alkanes of at least 4 members (excludes halogenated alkanes) is 43. The Morgan fingerprint density at radius 2 is 0.626 bits per heavy atom. The average molecular weight is 1280 g/mol. The minimum atomic E-state index is -1.63. The molecule has 0 aromatic rings. The van der Waals surface area contributed by atoms with Gasteiger partial charge in [0.1, 0.15) is 13.2 Å². The molecule has 0 N–H and O–H groups in total. The van der Waals surface area contributed by atoms with Gasteiger partial charge in [0.25, 0.3) is 0 Å². The molecule has 0 aromatic carbocycles. The van der Waals surface area contributed by atoms with E-state index in [0.29, 0.717) is 23.9 Å². The van der Waals surface area contributed by atoms with Crippen LogP contribution in [0.15, 0.2) is 85.1 Å². The number of carbonyl (C=O) groups is 3. The van der Waals surface area contributed by atoms with E-state index < -0.39 is 24.3 Å². The molecule has 0 saturated carbocycles. The molecule has 9 heteroatoms. The Morgan fingerprint density at radius 3 is 0.945 bits per heavy atom. The van der Waals surface area contributed by atoms with Crippen LogP contribution < -0.4 is 5.11 Å². The second kappa shape index (κ2) is 72.3. The maximum absolute atomic E-state index is 12.9. The van der Waals surface area contributed by atoms with Crippen LogP contribution in [-0.4, -0.2) is 82.3 Å². The van der Waals surface area contributed by atoms with Crippen molar-refractivity contribution in [3.8, 4) is 0 Å². The Labute approximate surface area is 563 Å². The van der Waals surface area contributed by atoms with Crippen molar-refractivity contribution in [2.24, 2.45) is 0 Å². The normalized spacial score (nSPS) is 13.1. The first-order valence-corrected chi connectivity index (χ1v) is 38.7. The van der Waals surface area contributed by atoms with Gasteiger partial charge in [0.15, 0.2) is 12.4 Å². The molecule has 0 saturated heterocycles. The summed E-state index contributed by atoms with van der Waals surface area (Å²) in [5, 5.41) is 11.8. The highest BCUT2D eigenvalue weighted by molar-refractivity contribution is 5.70. The zero-order chi connectivity index (χ0) is 66.1. The molecule has 2 unspecified atom stereocenters. The van der Waals surface area contributed by atoms with E-state index in [1.165, 1.54) is 244 Å². The van der Waals surface area contributed by atoms with E-state index in [1.54, 1.807) is 0 Å². The molecule has 2 atom stereocenters. The molecule has 0 aliphatic carbocycles. The lowest BCUT2D eigenvalue weighted by atomic mass is 10.0. The average Bonchev–Trinajstić information content (AvgIpc) is 3.46. The van der Waals surface area contributed by atoms with Gasteiger partial charge in [-0.1, -0.05) is 343 Å². The first kappa shape index (κ1) is 87.5. The zero-order valence-corrected chi connectivity index (χ0v) is 60.5. The number of esters is 2. The van der Waals surface area contributed by atoms with Crippen molar-refractivity contribution in [3.05, 3.63) is 85.1 Å². The van der Waals surface area contributed by atoms with E-state index in [1.807, 2.05) is 21.1 Å². The van der Waals surface area contributed by atoms with Gasteiger partial charge in [0.05, 0.1) is 40.3 Å². The van der Waals surface area contributed by atoms with E-state index in [9.17, 15) is 19.5 Å². The fourth-order valence-corrected chi connectivity index (χ4v) is 11.2. The number of hydrogen-bond donors (Lipinski definition) is 0. The molecule has 528 valence electrons. The van der Waals surface area contributed by atoms with E-state index >= 15 is 0 Å². The van der Waals surface area contributed by atoms with Crippen molar-refractivity contribution < 1.29 is 42.9 Å². The van der Waals surface area contributed by atoms with Crippen LogP contribution in [0.5, 0.6) is 0 Å². The Morgan fingerprint density at radius 1 is 0.341 bits per heavy atom. The summed E-state index contributed by atoms with van der Waals surface area (Å²) in [5.74, 6) is -2.28. The van der Waals surface area contributed by atoms with E-state index in [-0.39, 0.29) is 32.2 Å². The monoisotopic (exact) mass is 1270 g/mol. The highest BCUT2D eigenvalue weighted by Gasteiger charge is 2.22. The lowest BCUT2D eigenvalue weighted by Gasteiger charge is -2.26. The molecular weight excluding hydrogens is 1130 g/mol. The van der Waals surface area contributed by atoms with Gasteiger partial charge in [-0.25, -0.2) is 0 Å². The fourth-order valence-electron chi connectivity index (χ4n) is 11.2. The van der Waals surface area contributed by atoms with E-state index in [0.717, 1.165) is 83.5 Å². The van der Waals surface area contributed by atoms with Gasteiger partial charge in [0, 0.05) is 12.8 Å². The largest absolute Gasteiger partial charge is 0.545 e. The summed E-state index contributed by atoms with van der Waals surface area (Å²) in [4.78, 5) is 37.6. The van der Waals surface area contributed by atoms with Gasteiger partial charge >= 0.3 is 11.9 Å². The zero-order valence-electron chi connectivity index (χ0n) is 60.5. The van der Waals surface area contributed by atoms with Crippen LogP contribution >= 0.6 is 0 Å². The molecule has 0 heterocycles. The first-order valence-electron chi connectivity index (χ1n) is 38.7. The van der Waals surface area contributed by atoms with Crippen LogP contribution in [0.4, 0.5) is 0 Å². The third kappa shape index (κ3) is 73.7. The van der Waals surface area contributed by atoms with Crippen molar-refractivity contribution in [2.75, 3.05) is 47.5 Å². The van der Waals surface area contributed by atoms with Crippen molar-refractivity contribution in [1.82, 2.24) is 0 Å². The molecule has 91 heavy (non-hydrogen) atoms. The molecule has 0 radical (unpaired) electrons. The third-order valence-electron chi connectivity index (χ3n) is 17.1. The molecule has 9 nitrogen and oxygen atoms in total. The van der Waals surface area contributed by atoms with E-state index in [2.05, 4.69) is 98.9 Å². The molecule has 0 aliphatic heterocycles. The number of carbonyl (C=O) groups excluding carboxylic acids is 3. The topological polar surface area (TPSA) is 111 Å². The fraction of sp³-hybridized carbons (Fsp3) is 0.793. The Balaban J connectivity index is 4.00.